The molecular weight excluding hydrogens is 350 g/mol. The average molecular weight is 394 g/mol. The lowest BCUT2D eigenvalue weighted by molar-refractivity contribution is 0.182. The zero-order valence-corrected chi connectivity index (χ0v) is 18.8. The van der Waals surface area contributed by atoms with Crippen LogP contribution >= 0.6 is 0 Å². The highest BCUT2D eigenvalue weighted by atomic mass is 16.5. The van der Waals surface area contributed by atoms with E-state index in [1.807, 2.05) is 19.1 Å². The van der Waals surface area contributed by atoms with E-state index in [0.717, 1.165) is 61.2 Å². The second kappa shape index (κ2) is 13.1. The fraction of sp³-hybridized carbons (Fsp3) is 0.750. The van der Waals surface area contributed by atoms with Crippen LogP contribution in [0, 0.1) is 11.8 Å². The molecule has 4 nitrogen and oxygen atoms in total. The Morgan fingerprint density at radius 2 is 1.82 bits per heavy atom. The largest absolute Gasteiger partial charge is 0.496 e. The van der Waals surface area contributed by atoms with Gasteiger partial charge in [-0.05, 0) is 55.6 Å². The van der Waals surface area contributed by atoms with E-state index < -0.39 is 5.54 Å². The third-order valence-corrected chi connectivity index (χ3v) is 5.76. The summed E-state index contributed by atoms with van der Waals surface area (Å²) in [6.45, 7) is 9.68. The Labute approximate surface area is 172 Å². The van der Waals surface area contributed by atoms with Crippen molar-refractivity contribution < 1.29 is 14.6 Å². The molecule has 1 aromatic carbocycles. The Hall–Kier alpha value is -1.26. The summed E-state index contributed by atoms with van der Waals surface area (Å²) >= 11 is 0. The maximum atomic E-state index is 9.49. The first-order valence-corrected chi connectivity index (χ1v) is 11.0. The maximum Gasteiger partial charge on any atom is 0.125 e. The first-order chi connectivity index (χ1) is 13.3. The van der Waals surface area contributed by atoms with Crippen molar-refractivity contribution in [2.45, 2.75) is 84.6 Å². The third kappa shape index (κ3) is 9.29. The van der Waals surface area contributed by atoms with Crippen LogP contribution in [0.15, 0.2) is 18.2 Å². The van der Waals surface area contributed by atoms with Crippen molar-refractivity contribution in [2.75, 3.05) is 20.3 Å². The molecule has 28 heavy (non-hydrogen) atoms. The maximum absolute atomic E-state index is 9.49. The van der Waals surface area contributed by atoms with Gasteiger partial charge < -0.3 is 20.3 Å². The molecule has 0 saturated heterocycles. The Morgan fingerprint density at radius 3 is 2.43 bits per heavy atom. The van der Waals surface area contributed by atoms with Gasteiger partial charge in [0.25, 0.3) is 0 Å². The molecule has 3 N–H and O–H groups in total. The fourth-order valence-electron chi connectivity index (χ4n) is 3.41. The summed E-state index contributed by atoms with van der Waals surface area (Å²) in [4.78, 5) is 0. The Balaban J connectivity index is 2.43. The predicted octanol–water partition coefficient (Wildman–Crippen LogP) is 5.35. The van der Waals surface area contributed by atoms with Gasteiger partial charge in [0, 0.05) is 11.6 Å². The van der Waals surface area contributed by atoms with Crippen molar-refractivity contribution in [3.05, 3.63) is 23.8 Å². The predicted molar refractivity (Wildman–Crippen MR) is 118 cm³/mol. The molecule has 0 saturated carbocycles. The molecular formula is C24H43NO3. The van der Waals surface area contributed by atoms with Crippen molar-refractivity contribution >= 4 is 0 Å². The topological polar surface area (TPSA) is 64.7 Å². The lowest BCUT2D eigenvalue weighted by Gasteiger charge is -2.25. The molecule has 2 unspecified atom stereocenters. The smallest absolute Gasteiger partial charge is 0.125 e. The zero-order valence-electron chi connectivity index (χ0n) is 18.8. The van der Waals surface area contributed by atoms with Gasteiger partial charge in [0.1, 0.15) is 11.5 Å². The van der Waals surface area contributed by atoms with E-state index in [1.165, 1.54) is 25.7 Å². The van der Waals surface area contributed by atoms with E-state index in [-0.39, 0.29) is 6.61 Å². The highest BCUT2D eigenvalue weighted by Crippen LogP contribution is 2.28. The molecule has 0 aliphatic rings. The van der Waals surface area contributed by atoms with Gasteiger partial charge in [0.05, 0.1) is 20.3 Å². The van der Waals surface area contributed by atoms with Gasteiger partial charge in [0.2, 0.25) is 0 Å². The summed E-state index contributed by atoms with van der Waals surface area (Å²) in [6.07, 6.45) is 8.52. The van der Waals surface area contributed by atoms with Gasteiger partial charge in [-0.2, -0.15) is 0 Å². The van der Waals surface area contributed by atoms with E-state index in [4.69, 9.17) is 15.2 Å². The fourth-order valence-corrected chi connectivity index (χ4v) is 3.41. The second-order valence-electron chi connectivity index (χ2n) is 8.77. The lowest BCUT2D eigenvalue weighted by atomic mass is 9.90. The minimum Gasteiger partial charge on any atom is -0.496 e. The minimum absolute atomic E-state index is 0.00288. The van der Waals surface area contributed by atoms with Crippen LogP contribution in [0.25, 0.3) is 0 Å². The average Bonchev–Trinajstić information content (AvgIpc) is 2.69. The van der Waals surface area contributed by atoms with E-state index in [1.54, 1.807) is 7.11 Å². The molecule has 0 aliphatic heterocycles. The molecule has 0 spiro atoms. The van der Waals surface area contributed by atoms with Crippen LogP contribution in [-0.2, 0) is 6.42 Å². The molecule has 0 aliphatic carbocycles. The number of aliphatic hydroxyl groups excluding tert-OH is 1. The number of aryl methyl sites for hydroxylation is 1. The summed E-state index contributed by atoms with van der Waals surface area (Å²) in [6, 6.07) is 6.02. The molecule has 1 aromatic rings. The standard InChI is InChI=1S/C24H43NO3/c1-6-24(25,18-26)15-14-21-12-13-22(17-23(21)27-5)28-16-8-11-20(4)10-7-9-19(2)3/h12-13,17,19-20,26H,6-11,14-16,18,25H2,1-5H3. The van der Waals surface area contributed by atoms with Crippen LogP contribution in [-0.4, -0.2) is 31.0 Å². The van der Waals surface area contributed by atoms with Crippen molar-refractivity contribution in [2.24, 2.45) is 17.6 Å². The molecule has 0 fully saturated rings. The lowest BCUT2D eigenvalue weighted by Crippen LogP contribution is -2.43. The number of methoxy groups -OCH3 is 1. The number of nitrogens with two attached hydrogens (primary N) is 1. The summed E-state index contributed by atoms with van der Waals surface area (Å²) in [5, 5.41) is 9.49. The van der Waals surface area contributed by atoms with Gasteiger partial charge in [-0.1, -0.05) is 53.0 Å². The molecule has 1 rings (SSSR count). The first-order valence-electron chi connectivity index (χ1n) is 11.0. The quantitative estimate of drug-likeness (QED) is 0.394. The molecule has 4 heteroatoms. The van der Waals surface area contributed by atoms with Gasteiger partial charge in [0.15, 0.2) is 0 Å². The van der Waals surface area contributed by atoms with Crippen molar-refractivity contribution in [1.82, 2.24) is 0 Å². The molecule has 0 radical (unpaired) electrons. The van der Waals surface area contributed by atoms with Gasteiger partial charge in [-0.3, -0.25) is 0 Å². The number of ether oxygens (including phenoxy) is 2. The highest BCUT2D eigenvalue weighted by Gasteiger charge is 2.22. The summed E-state index contributed by atoms with van der Waals surface area (Å²) in [7, 11) is 1.68. The van der Waals surface area contributed by atoms with E-state index >= 15 is 0 Å². The van der Waals surface area contributed by atoms with Crippen LogP contribution in [0.3, 0.4) is 0 Å². The zero-order chi connectivity index (χ0) is 21.0. The number of hydrogen-bond acceptors (Lipinski definition) is 4. The van der Waals surface area contributed by atoms with Gasteiger partial charge in [-0.15, -0.1) is 0 Å². The van der Waals surface area contributed by atoms with Gasteiger partial charge >= 0.3 is 0 Å². The van der Waals surface area contributed by atoms with Crippen LogP contribution in [0.1, 0.15) is 78.2 Å². The van der Waals surface area contributed by atoms with Gasteiger partial charge in [-0.25, -0.2) is 0 Å². The second-order valence-corrected chi connectivity index (χ2v) is 8.77. The SMILES string of the molecule is CCC(N)(CO)CCc1ccc(OCCCC(C)CCCC(C)C)cc1OC. The number of aliphatic hydroxyl groups is 1. The van der Waals surface area contributed by atoms with E-state index in [9.17, 15) is 5.11 Å². The van der Waals surface area contributed by atoms with Crippen LogP contribution in [0.2, 0.25) is 0 Å². The van der Waals surface area contributed by atoms with Crippen LogP contribution in [0.5, 0.6) is 11.5 Å². The normalized spacial score (nSPS) is 14.7. The van der Waals surface area contributed by atoms with Crippen LogP contribution < -0.4 is 15.2 Å². The monoisotopic (exact) mass is 393 g/mol. The molecule has 0 amide bonds. The first kappa shape index (κ1) is 24.8. The Bertz CT molecular complexity index is 541. The Morgan fingerprint density at radius 1 is 1.11 bits per heavy atom. The Kier molecular flexibility index (Phi) is 11.6. The summed E-state index contributed by atoms with van der Waals surface area (Å²) in [5.41, 5.74) is 6.78. The molecule has 0 bridgehead atoms. The highest BCUT2D eigenvalue weighted by molar-refractivity contribution is 5.41. The number of benzene rings is 1. The molecule has 0 heterocycles. The summed E-state index contributed by atoms with van der Waals surface area (Å²) < 4.78 is 11.5. The molecule has 0 aromatic heterocycles. The van der Waals surface area contributed by atoms with E-state index in [2.05, 4.69) is 26.8 Å². The molecule has 2 atom stereocenters. The van der Waals surface area contributed by atoms with Crippen molar-refractivity contribution in [3.8, 4) is 11.5 Å². The van der Waals surface area contributed by atoms with E-state index in [0.29, 0.717) is 0 Å². The summed E-state index contributed by atoms with van der Waals surface area (Å²) in [5.74, 6) is 3.25. The van der Waals surface area contributed by atoms with Crippen LogP contribution in [0.4, 0.5) is 0 Å². The van der Waals surface area contributed by atoms with Crippen molar-refractivity contribution in [1.29, 1.82) is 0 Å². The van der Waals surface area contributed by atoms with Crippen molar-refractivity contribution in [3.63, 3.8) is 0 Å². The number of rotatable bonds is 15. The minimum atomic E-state index is -0.522. The number of hydrogen-bond donors (Lipinski definition) is 2. The third-order valence-electron chi connectivity index (χ3n) is 5.76. The molecule has 162 valence electrons.